The number of amides is 2. The molecular weight excluding hydrogens is 378 g/mol. The van der Waals surface area contributed by atoms with Gasteiger partial charge >= 0.3 is 0 Å². The van der Waals surface area contributed by atoms with Crippen LogP contribution in [0.5, 0.6) is 0 Å². The first kappa shape index (κ1) is 18.5. The summed E-state index contributed by atoms with van der Waals surface area (Å²) in [5.41, 5.74) is 2.03. The number of likely N-dealkylation sites (tertiary alicyclic amines) is 1. The predicted molar refractivity (Wildman–Crippen MR) is 106 cm³/mol. The second kappa shape index (κ2) is 7.27. The van der Waals surface area contributed by atoms with E-state index in [1.54, 1.807) is 41.3 Å². The highest BCUT2D eigenvalue weighted by atomic mass is 32.2. The number of rotatable bonds is 4. The second-order valence-electron chi connectivity index (χ2n) is 7.02. The number of anilines is 2. The summed E-state index contributed by atoms with van der Waals surface area (Å²) in [6, 6.07) is 11.3. The molecule has 146 valence electrons. The van der Waals surface area contributed by atoms with Crippen LogP contribution in [0.2, 0.25) is 0 Å². The minimum Gasteiger partial charge on any atom is -0.339 e. The zero-order chi connectivity index (χ0) is 19.7. The van der Waals surface area contributed by atoms with E-state index in [9.17, 15) is 18.0 Å². The lowest BCUT2D eigenvalue weighted by Gasteiger charge is -2.19. The molecule has 2 aromatic carbocycles. The van der Waals surface area contributed by atoms with Gasteiger partial charge in [-0.3, -0.25) is 14.3 Å². The van der Waals surface area contributed by atoms with E-state index in [0.717, 1.165) is 18.4 Å². The Bertz CT molecular complexity index is 1040. The Kier molecular flexibility index (Phi) is 4.80. The largest absolute Gasteiger partial charge is 0.339 e. The summed E-state index contributed by atoms with van der Waals surface area (Å²) in [6.45, 7) is 1.38. The molecule has 2 aliphatic rings. The van der Waals surface area contributed by atoms with Crippen LogP contribution in [0.3, 0.4) is 0 Å². The van der Waals surface area contributed by atoms with Gasteiger partial charge in [0.1, 0.15) is 0 Å². The van der Waals surface area contributed by atoms with E-state index in [2.05, 4.69) is 10.0 Å². The van der Waals surface area contributed by atoms with Gasteiger partial charge in [-0.05, 0) is 55.2 Å². The van der Waals surface area contributed by atoms with Gasteiger partial charge in [0, 0.05) is 25.2 Å². The van der Waals surface area contributed by atoms with Crippen molar-refractivity contribution in [2.45, 2.75) is 30.6 Å². The standard InChI is InChI=1S/C20H21N3O4S/c24-19-10-7-14-13-15(8-9-17(14)21-19)28(26,27)22-18-6-2-1-5-16(18)20(25)23-11-3-4-12-23/h1-2,5-6,8-9,13,22H,3-4,7,10-12H2,(H,21,24). The first-order valence-corrected chi connectivity index (χ1v) is 10.8. The third kappa shape index (κ3) is 3.60. The highest BCUT2D eigenvalue weighted by Crippen LogP contribution is 2.28. The number of nitrogens with zero attached hydrogens (tertiary/aromatic N) is 1. The van der Waals surface area contributed by atoms with Crippen molar-refractivity contribution in [2.75, 3.05) is 23.1 Å². The maximum Gasteiger partial charge on any atom is 0.261 e. The molecule has 2 amide bonds. The Balaban J connectivity index is 1.62. The summed E-state index contributed by atoms with van der Waals surface area (Å²) in [5.74, 6) is -0.237. The summed E-state index contributed by atoms with van der Waals surface area (Å²) in [7, 11) is -3.87. The molecule has 0 atom stereocenters. The highest BCUT2D eigenvalue weighted by Gasteiger charge is 2.25. The van der Waals surface area contributed by atoms with Crippen LogP contribution in [-0.2, 0) is 21.2 Å². The molecule has 2 heterocycles. The fraction of sp³-hybridized carbons (Fsp3) is 0.300. The van der Waals surface area contributed by atoms with Crippen LogP contribution >= 0.6 is 0 Å². The molecule has 0 radical (unpaired) electrons. The topological polar surface area (TPSA) is 95.6 Å². The van der Waals surface area contributed by atoms with Crippen molar-refractivity contribution in [2.24, 2.45) is 0 Å². The Labute approximate surface area is 163 Å². The fourth-order valence-electron chi connectivity index (χ4n) is 3.58. The molecule has 2 aromatic rings. The van der Waals surface area contributed by atoms with Crippen molar-refractivity contribution in [3.8, 4) is 0 Å². The smallest absolute Gasteiger partial charge is 0.261 e. The van der Waals surface area contributed by atoms with Gasteiger partial charge in [-0.15, -0.1) is 0 Å². The average Bonchev–Trinajstić information content (AvgIpc) is 3.22. The van der Waals surface area contributed by atoms with Gasteiger partial charge < -0.3 is 10.2 Å². The molecule has 28 heavy (non-hydrogen) atoms. The molecular formula is C20H21N3O4S. The second-order valence-corrected chi connectivity index (χ2v) is 8.70. The number of sulfonamides is 1. The van der Waals surface area contributed by atoms with Crippen LogP contribution in [0, 0.1) is 0 Å². The molecule has 4 rings (SSSR count). The molecule has 7 nitrogen and oxygen atoms in total. The van der Waals surface area contributed by atoms with Gasteiger partial charge in [0.25, 0.3) is 15.9 Å². The SMILES string of the molecule is O=C1CCc2cc(S(=O)(=O)Nc3ccccc3C(=O)N3CCCC3)ccc2N1. The summed E-state index contributed by atoms with van der Waals surface area (Å²) >= 11 is 0. The van der Waals surface area contributed by atoms with E-state index < -0.39 is 10.0 Å². The Hall–Kier alpha value is -2.87. The molecule has 0 saturated carbocycles. The molecule has 0 aliphatic carbocycles. The van der Waals surface area contributed by atoms with Crippen LogP contribution in [0.1, 0.15) is 35.2 Å². The van der Waals surface area contributed by atoms with E-state index in [4.69, 9.17) is 0 Å². The highest BCUT2D eigenvalue weighted by molar-refractivity contribution is 7.92. The third-order valence-electron chi connectivity index (χ3n) is 5.08. The molecule has 2 N–H and O–H groups in total. The number of aryl methyl sites for hydroxylation is 1. The van der Waals surface area contributed by atoms with Gasteiger partial charge in [-0.25, -0.2) is 8.42 Å². The average molecular weight is 399 g/mol. The van der Waals surface area contributed by atoms with Crippen molar-refractivity contribution in [3.63, 3.8) is 0 Å². The molecule has 0 unspecified atom stereocenters. The van der Waals surface area contributed by atoms with Gasteiger partial charge in [0.15, 0.2) is 0 Å². The summed E-state index contributed by atoms with van der Waals surface area (Å²) < 4.78 is 28.4. The lowest BCUT2D eigenvalue weighted by molar-refractivity contribution is -0.116. The van der Waals surface area contributed by atoms with Gasteiger partial charge in [-0.2, -0.15) is 0 Å². The summed E-state index contributed by atoms with van der Waals surface area (Å²) in [5, 5.41) is 2.74. The summed E-state index contributed by atoms with van der Waals surface area (Å²) in [6.07, 6.45) is 2.75. The van der Waals surface area contributed by atoms with E-state index in [1.807, 2.05) is 0 Å². The van der Waals surface area contributed by atoms with Gasteiger partial charge in [0.05, 0.1) is 16.1 Å². The van der Waals surface area contributed by atoms with Crippen LogP contribution in [0.4, 0.5) is 11.4 Å². The number of carbonyl (C=O) groups excluding carboxylic acids is 2. The fourth-order valence-corrected chi connectivity index (χ4v) is 4.71. The normalized spacial score (nSPS) is 16.4. The lowest BCUT2D eigenvalue weighted by Crippen LogP contribution is -2.28. The Morgan fingerprint density at radius 2 is 1.79 bits per heavy atom. The lowest BCUT2D eigenvalue weighted by atomic mass is 10.0. The first-order chi connectivity index (χ1) is 13.4. The minimum atomic E-state index is -3.87. The number of nitrogens with one attached hydrogen (secondary N) is 2. The predicted octanol–water partition coefficient (Wildman–Crippen LogP) is 2.61. The summed E-state index contributed by atoms with van der Waals surface area (Å²) in [4.78, 5) is 26.1. The number of benzene rings is 2. The zero-order valence-corrected chi connectivity index (χ0v) is 16.1. The van der Waals surface area contributed by atoms with E-state index in [0.29, 0.717) is 37.2 Å². The zero-order valence-electron chi connectivity index (χ0n) is 15.3. The first-order valence-electron chi connectivity index (χ1n) is 9.28. The van der Waals surface area contributed by atoms with Crippen molar-refractivity contribution < 1.29 is 18.0 Å². The Morgan fingerprint density at radius 3 is 2.57 bits per heavy atom. The quantitative estimate of drug-likeness (QED) is 0.826. The molecule has 0 spiro atoms. The van der Waals surface area contributed by atoms with Gasteiger partial charge in [-0.1, -0.05) is 12.1 Å². The maximum absolute atomic E-state index is 12.9. The van der Waals surface area contributed by atoms with Crippen molar-refractivity contribution in [1.29, 1.82) is 0 Å². The van der Waals surface area contributed by atoms with Crippen molar-refractivity contribution >= 4 is 33.2 Å². The third-order valence-corrected chi connectivity index (χ3v) is 6.44. The van der Waals surface area contributed by atoms with Crippen LogP contribution in [0.15, 0.2) is 47.4 Å². The number of para-hydroxylation sites is 1. The van der Waals surface area contributed by atoms with Crippen LogP contribution < -0.4 is 10.0 Å². The molecule has 0 bridgehead atoms. The molecule has 1 saturated heterocycles. The number of hydrogen-bond donors (Lipinski definition) is 2. The minimum absolute atomic E-state index is 0.0735. The van der Waals surface area contributed by atoms with Crippen LogP contribution in [-0.4, -0.2) is 38.2 Å². The van der Waals surface area contributed by atoms with E-state index in [1.165, 1.54) is 6.07 Å². The van der Waals surface area contributed by atoms with E-state index in [-0.39, 0.29) is 22.4 Å². The van der Waals surface area contributed by atoms with Crippen molar-refractivity contribution in [1.82, 2.24) is 4.90 Å². The Morgan fingerprint density at radius 1 is 1.04 bits per heavy atom. The maximum atomic E-state index is 12.9. The molecule has 1 fully saturated rings. The monoisotopic (exact) mass is 399 g/mol. The molecule has 0 aromatic heterocycles. The molecule has 2 aliphatic heterocycles. The van der Waals surface area contributed by atoms with Crippen LogP contribution in [0.25, 0.3) is 0 Å². The van der Waals surface area contributed by atoms with Crippen molar-refractivity contribution in [3.05, 3.63) is 53.6 Å². The molecule has 8 heteroatoms. The number of hydrogen-bond acceptors (Lipinski definition) is 4. The van der Waals surface area contributed by atoms with E-state index >= 15 is 0 Å². The number of fused-ring (bicyclic) bond motifs is 1. The number of carbonyl (C=O) groups is 2. The van der Waals surface area contributed by atoms with Gasteiger partial charge in [0.2, 0.25) is 5.91 Å².